The Balaban J connectivity index is 2.26. The molecule has 0 aromatic heterocycles. The van der Waals surface area contributed by atoms with Crippen LogP contribution in [-0.4, -0.2) is 43.1 Å². The van der Waals surface area contributed by atoms with Crippen molar-refractivity contribution in [3.8, 4) is 0 Å². The van der Waals surface area contributed by atoms with Crippen molar-refractivity contribution in [1.29, 1.82) is 0 Å². The van der Waals surface area contributed by atoms with Gasteiger partial charge in [0, 0.05) is 19.5 Å². The summed E-state index contributed by atoms with van der Waals surface area (Å²) in [5.74, 6) is 1.22. The van der Waals surface area contributed by atoms with Gasteiger partial charge in [-0.25, -0.2) is 0 Å². The van der Waals surface area contributed by atoms with Gasteiger partial charge in [0.2, 0.25) is 5.91 Å². The lowest BCUT2D eigenvalue weighted by Crippen LogP contribution is -2.39. The molecule has 1 amide bonds. The van der Waals surface area contributed by atoms with Gasteiger partial charge in [-0.1, -0.05) is 29.8 Å². The summed E-state index contributed by atoms with van der Waals surface area (Å²) < 4.78 is 5.01. The first-order chi connectivity index (χ1) is 9.65. The molecule has 0 aliphatic rings. The van der Waals surface area contributed by atoms with Crippen molar-refractivity contribution in [2.24, 2.45) is 0 Å². The molecule has 5 heteroatoms. The van der Waals surface area contributed by atoms with Crippen LogP contribution in [0.25, 0.3) is 0 Å². The number of rotatable bonds is 9. The standard InChI is InChI=1S/C15H23NO3S/c1-12-3-5-13(6-4-12)10-20-11-15(18)16-14(7-8-17)9-19-2/h3-6,14,17H,7-11H2,1-2H3,(H,16,18). The van der Waals surface area contributed by atoms with Crippen molar-refractivity contribution in [2.45, 2.75) is 25.1 Å². The van der Waals surface area contributed by atoms with E-state index >= 15 is 0 Å². The van der Waals surface area contributed by atoms with Gasteiger partial charge in [0.05, 0.1) is 18.4 Å². The number of thioether (sulfide) groups is 1. The van der Waals surface area contributed by atoms with E-state index in [2.05, 4.69) is 36.5 Å². The largest absolute Gasteiger partial charge is 0.396 e. The summed E-state index contributed by atoms with van der Waals surface area (Å²) in [5.41, 5.74) is 2.46. The van der Waals surface area contributed by atoms with Crippen molar-refractivity contribution in [2.75, 3.05) is 26.1 Å². The molecule has 0 aliphatic heterocycles. The molecule has 1 aromatic carbocycles. The first-order valence-corrected chi connectivity index (χ1v) is 7.83. The normalized spacial score (nSPS) is 12.2. The van der Waals surface area contributed by atoms with Gasteiger partial charge in [0.1, 0.15) is 0 Å². The lowest BCUT2D eigenvalue weighted by molar-refractivity contribution is -0.119. The minimum Gasteiger partial charge on any atom is -0.396 e. The molecule has 0 aliphatic carbocycles. The first-order valence-electron chi connectivity index (χ1n) is 6.68. The summed E-state index contributed by atoms with van der Waals surface area (Å²) in [5, 5.41) is 11.8. The Morgan fingerprint density at radius 2 is 2.10 bits per heavy atom. The van der Waals surface area contributed by atoms with E-state index in [0.717, 1.165) is 5.75 Å². The third-order valence-electron chi connectivity index (χ3n) is 2.83. The third-order valence-corrected chi connectivity index (χ3v) is 3.84. The predicted octanol–water partition coefficient (Wildman–Crippen LogP) is 1.74. The van der Waals surface area contributed by atoms with Crippen LogP contribution in [0.1, 0.15) is 17.5 Å². The zero-order valence-electron chi connectivity index (χ0n) is 12.1. The molecule has 0 saturated heterocycles. The van der Waals surface area contributed by atoms with Gasteiger partial charge in [-0.3, -0.25) is 4.79 Å². The minimum absolute atomic E-state index is 0.0161. The summed E-state index contributed by atoms with van der Waals surface area (Å²) in [6.45, 7) is 2.53. The van der Waals surface area contributed by atoms with E-state index in [1.807, 2.05) is 0 Å². The van der Waals surface area contributed by atoms with Gasteiger partial charge in [0.25, 0.3) is 0 Å². The SMILES string of the molecule is COCC(CCO)NC(=O)CSCc1ccc(C)cc1. The smallest absolute Gasteiger partial charge is 0.230 e. The number of aryl methyl sites for hydroxylation is 1. The Morgan fingerprint density at radius 3 is 2.70 bits per heavy atom. The number of benzene rings is 1. The molecule has 0 spiro atoms. The molecule has 0 heterocycles. The van der Waals surface area contributed by atoms with Crippen LogP contribution in [-0.2, 0) is 15.3 Å². The number of carbonyl (C=O) groups excluding carboxylic acids is 1. The van der Waals surface area contributed by atoms with E-state index < -0.39 is 0 Å². The molecular weight excluding hydrogens is 274 g/mol. The topological polar surface area (TPSA) is 58.6 Å². The summed E-state index contributed by atoms with van der Waals surface area (Å²) in [4.78, 5) is 11.8. The fourth-order valence-electron chi connectivity index (χ4n) is 1.77. The second-order valence-corrected chi connectivity index (χ2v) is 5.70. The van der Waals surface area contributed by atoms with Gasteiger partial charge in [-0.2, -0.15) is 0 Å². The highest BCUT2D eigenvalue weighted by molar-refractivity contribution is 7.99. The van der Waals surface area contributed by atoms with E-state index in [4.69, 9.17) is 9.84 Å². The maximum atomic E-state index is 11.8. The maximum Gasteiger partial charge on any atom is 0.230 e. The van der Waals surface area contributed by atoms with Crippen LogP contribution in [0.5, 0.6) is 0 Å². The van der Waals surface area contributed by atoms with Crippen molar-refractivity contribution >= 4 is 17.7 Å². The Kier molecular flexibility index (Phi) is 8.34. The predicted molar refractivity (Wildman–Crippen MR) is 82.9 cm³/mol. The van der Waals surface area contributed by atoms with Gasteiger partial charge < -0.3 is 15.2 Å². The molecule has 0 fully saturated rings. The molecule has 112 valence electrons. The summed E-state index contributed by atoms with van der Waals surface area (Å²) in [6.07, 6.45) is 0.516. The second kappa shape index (κ2) is 9.80. The van der Waals surface area contributed by atoms with Crippen LogP contribution < -0.4 is 5.32 Å². The zero-order valence-corrected chi connectivity index (χ0v) is 12.9. The van der Waals surface area contributed by atoms with Crippen LogP contribution in [0, 0.1) is 6.92 Å². The number of ether oxygens (including phenoxy) is 1. The van der Waals surface area contributed by atoms with Crippen LogP contribution in [0.3, 0.4) is 0 Å². The van der Waals surface area contributed by atoms with Crippen LogP contribution in [0.2, 0.25) is 0 Å². The third kappa shape index (κ3) is 6.93. The Bertz CT molecular complexity index is 389. The van der Waals surface area contributed by atoms with Gasteiger partial charge in [0.15, 0.2) is 0 Å². The fraction of sp³-hybridized carbons (Fsp3) is 0.533. The monoisotopic (exact) mass is 297 g/mol. The van der Waals surface area contributed by atoms with E-state index in [1.54, 1.807) is 18.9 Å². The highest BCUT2D eigenvalue weighted by Crippen LogP contribution is 2.12. The zero-order chi connectivity index (χ0) is 14.8. The molecule has 0 radical (unpaired) electrons. The van der Waals surface area contributed by atoms with E-state index in [0.29, 0.717) is 18.8 Å². The molecule has 20 heavy (non-hydrogen) atoms. The van der Waals surface area contributed by atoms with Crippen molar-refractivity contribution in [1.82, 2.24) is 5.32 Å². The van der Waals surface area contributed by atoms with Crippen molar-refractivity contribution in [3.63, 3.8) is 0 Å². The van der Waals surface area contributed by atoms with Gasteiger partial charge in [-0.05, 0) is 18.9 Å². The highest BCUT2D eigenvalue weighted by Gasteiger charge is 2.11. The molecule has 2 N–H and O–H groups in total. The van der Waals surface area contributed by atoms with Crippen LogP contribution in [0.4, 0.5) is 0 Å². The number of aliphatic hydroxyl groups excluding tert-OH is 1. The van der Waals surface area contributed by atoms with E-state index in [9.17, 15) is 4.79 Å². The molecule has 1 unspecified atom stereocenters. The number of amides is 1. The second-order valence-electron chi connectivity index (χ2n) is 4.71. The number of carbonyl (C=O) groups is 1. The number of hydrogen-bond donors (Lipinski definition) is 2. The summed E-state index contributed by atoms with van der Waals surface area (Å²) in [6, 6.07) is 8.20. The van der Waals surface area contributed by atoms with E-state index in [-0.39, 0.29) is 18.6 Å². The van der Waals surface area contributed by atoms with Gasteiger partial charge >= 0.3 is 0 Å². The van der Waals surface area contributed by atoms with E-state index in [1.165, 1.54) is 11.1 Å². The quantitative estimate of drug-likeness (QED) is 0.729. The lowest BCUT2D eigenvalue weighted by Gasteiger charge is -2.16. The molecule has 1 rings (SSSR count). The summed E-state index contributed by atoms with van der Waals surface area (Å²) in [7, 11) is 1.59. The molecule has 1 atom stereocenters. The molecule has 0 saturated carbocycles. The molecule has 1 aromatic rings. The van der Waals surface area contributed by atoms with Gasteiger partial charge in [-0.15, -0.1) is 11.8 Å². The van der Waals surface area contributed by atoms with Crippen LogP contribution >= 0.6 is 11.8 Å². The van der Waals surface area contributed by atoms with Crippen LogP contribution in [0.15, 0.2) is 24.3 Å². The number of nitrogens with one attached hydrogen (secondary N) is 1. The first kappa shape index (κ1) is 17.0. The number of hydrogen-bond acceptors (Lipinski definition) is 4. The Labute approximate surface area is 124 Å². The Hall–Kier alpha value is -1.04. The molecular formula is C15H23NO3S. The average Bonchev–Trinajstić information content (AvgIpc) is 2.41. The van der Waals surface area contributed by atoms with Crippen molar-refractivity contribution < 1.29 is 14.6 Å². The summed E-state index contributed by atoms with van der Waals surface area (Å²) >= 11 is 1.58. The van der Waals surface area contributed by atoms with Crippen molar-refractivity contribution in [3.05, 3.63) is 35.4 Å². The molecule has 0 bridgehead atoms. The fourth-order valence-corrected chi connectivity index (χ4v) is 2.57. The number of methoxy groups -OCH3 is 1. The molecule has 4 nitrogen and oxygen atoms in total. The Morgan fingerprint density at radius 1 is 1.40 bits per heavy atom. The number of aliphatic hydroxyl groups is 1. The lowest BCUT2D eigenvalue weighted by atomic mass is 10.2. The average molecular weight is 297 g/mol. The highest BCUT2D eigenvalue weighted by atomic mass is 32.2. The maximum absolute atomic E-state index is 11.8. The minimum atomic E-state index is -0.113.